The standard InChI is InChI=1S/C9H14N2O4/c1-6(15-14)8(11-3)4-7(10-2)5-9(12)13/h4,10,14H,1,5H2,2-3H3,(H,12,13)/b7-4-,11-8-. The predicted octanol–water partition coefficient (Wildman–Crippen LogP) is 0.638. The molecule has 0 radical (unpaired) electrons. The Morgan fingerprint density at radius 2 is 2.27 bits per heavy atom. The predicted molar refractivity (Wildman–Crippen MR) is 55.6 cm³/mol. The van der Waals surface area contributed by atoms with Gasteiger partial charge in [0.1, 0.15) is 5.71 Å². The molecular formula is C9H14N2O4. The first-order valence-electron chi connectivity index (χ1n) is 4.12. The second-order valence-electron chi connectivity index (χ2n) is 2.61. The molecule has 6 heteroatoms. The van der Waals surface area contributed by atoms with Gasteiger partial charge in [0, 0.05) is 19.8 Å². The van der Waals surface area contributed by atoms with Crippen molar-refractivity contribution in [2.45, 2.75) is 6.42 Å². The summed E-state index contributed by atoms with van der Waals surface area (Å²) in [7, 11) is 3.06. The molecule has 3 N–H and O–H groups in total. The lowest BCUT2D eigenvalue weighted by Gasteiger charge is -2.05. The van der Waals surface area contributed by atoms with Crippen molar-refractivity contribution in [3.63, 3.8) is 0 Å². The van der Waals surface area contributed by atoms with Gasteiger partial charge in [-0.25, -0.2) is 5.26 Å². The summed E-state index contributed by atoms with van der Waals surface area (Å²) in [6, 6.07) is 0. The molecule has 0 aromatic rings. The summed E-state index contributed by atoms with van der Waals surface area (Å²) in [6.45, 7) is 3.39. The van der Waals surface area contributed by atoms with Gasteiger partial charge in [0.25, 0.3) is 0 Å². The molecule has 0 bridgehead atoms. The molecule has 0 aliphatic heterocycles. The van der Waals surface area contributed by atoms with Crippen LogP contribution in [-0.2, 0) is 9.68 Å². The number of rotatable bonds is 6. The summed E-state index contributed by atoms with van der Waals surface area (Å²) in [5.41, 5.74) is 0.699. The largest absolute Gasteiger partial charge is 0.481 e. The summed E-state index contributed by atoms with van der Waals surface area (Å²) in [5, 5.41) is 19.6. The van der Waals surface area contributed by atoms with E-state index in [0.29, 0.717) is 5.70 Å². The van der Waals surface area contributed by atoms with Gasteiger partial charge in [0.2, 0.25) is 0 Å². The Hall–Kier alpha value is -1.82. The fourth-order valence-corrected chi connectivity index (χ4v) is 0.856. The first-order valence-corrected chi connectivity index (χ1v) is 4.12. The van der Waals surface area contributed by atoms with Crippen molar-refractivity contribution in [3.8, 4) is 0 Å². The van der Waals surface area contributed by atoms with Gasteiger partial charge < -0.3 is 15.3 Å². The molecule has 0 aliphatic rings. The molecule has 0 heterocycles. The summed E-state index contributed by atoms with van der Waals surface area (Å²) in [6.07, 6.45) is 1.26. The molecule has 0 aliphatic carbocycles. The van der Waals surface area contributed by atoms with E-state index in [1.165, 1.54) is 13.1 Å². The van der Waals surface area contributed by atoms with Gasteiger partial charge in [-0.05, 0) is 6.08 Å². The van der Waals surface area contributed by atoms with Gasteiger partial charge in [-0.3, -0.25) is 9.79 Å². The summed E-state index contributed by atoms with van der Waals surface area (Å²) in [5.74, 6) is -1.02. The number of carbonyl (C=O) groups is 1. The van der Waals surface area contributed by atoms with Crippen LogP contribution in [0.25, 0.3) is 0 Å². The number of aliphatic imine (C=N–C) groups is 1. The second-order valence-corrected chi connectivity index (χ2v) is 2.61. The number of nitrogens with one attached hydrogen (secondary N) is 1. The molecule has 0 atom stereocenters. The van der Waals surface area contributed by atoms with Crippen LogP contribution < -0.4 is 5.32 Å². The van der Waals surface area contributed by atoms with E-state index in [1.807, 2.05) is 0 Å². The highest BCUT2D eigenvalue weighted by atomic mass is 17.1. The van der Waals surface area contributed by atoms with Crippen molar-refractivity contribution in [1.82, 2.24) is 5.32 Å². The summed E-state index contributed by atoms with van der Waals surface area (Å²) >= 11 is 0. The zero-order valence-electron chi connectivity index (χ0n) is 8.65. The van der Waals surface area contributed by atoms with E-state index in [1.54, 1.807) is 7.05 Å². The molecule has 0 aromatic heterocycles. The van der Waals surface area contributed by atoms with E-state index >= 15 is 0 Å². The number of aliphatic carboxylic acids is 1. The van der Waals surface area contributed by atoms with Gasteiger partial charge in [-0.1, -0.05) is 6.58 Å². The number of carboxylic acids is 1. The maximum atomic E-state index is 10.5. The SMILES string of the molecule is C=C(OO)C(/C=C(/CC(=O)O)NC)=N\C. The minimum atomic E-state index is -0.971. The second kappa shape index (κ2) is 6.61. The van der Waals surface area contributed by atoms with E-state index in [9.17, 15) is 4.79 Å². The third kappa shape index (κ3) is 4.82. The average Bonchev–Trinajstić information content (AvgIpc) is 2.22. The van der Waals surface area contributed by atoms with Crippen LogP contribution in [-0.4, -0.2) is 36.1 Å². The Labute approximate surface area is 87.5 Å². The third-order valence-electron chi connectivity index (χ3n) is 1.61. The van der Waals surface area contributed by atoms with Gasteiger partial charge in [-0.15, -0.1) is 0 Å². The fraction of sp³-hybridized carbons (Fsp3) is 0.333. The zero-order chi connectivity index (χ0) is 11.8. The summed E-state index contributed by atoms with van der Waals surface area (Å²) < 4.78 is 0. The molecule has 0 rings (SSSR count). The van der Waals surface area contributed by atoms with Crippen LogP contribution >= 0.6 is 0 Å². The van der Waals surface area contributed by atoms with Crippen molar-refractivity contribution in [3.05, 3.63) is 24.1 Å². The van der Waals surface area contributed by atoms with E-state index in [4.69, 9.17) is 10.4 Å². The number of hydrogen-bond acceptors (Lipinski definition) is 5. The van der Waals surface area contributed by atoms with Gasteiger partial charge in [0.15, 0.2) is 5.76 Å². The van der Waals surface area contributed by atoms with E-state index in [2.05, 4.69) is 21.8 Å². The Kier molecular flexibility index (Phi) is 5.81. The number of nitrogens with zero attached hydrogens (tertiary/aromatic N) is 1. The quantitative estimate of drug-likeness (QED) is 0.261. The van der Waals surface area contributed by atoms with Crippen LogP contribution in [0.2, 0.25) is 0 Å². The minimum absolute atomic E-state index is 0.0457. The van der Waals surface area contributed by atoms with Crippen molar-refractivity contribution >= 4 is 11.7 Å². The monoisotopic (exact) mass is 214 g/mol. The molecule has 0 amide bonds. The molecule has 15 heavy (non-hydrogen) atoms. The van der Waals surface area contributed by atoms with Crippen molar-refractivity contribution < 1.29 is 20.0 Å². The number of hydrogen-bond donors (Lipinski definition) is 3. The molecule has 0 saturated heterocycles. The smallest absolute Gasteiger partial charge is 0.309 e. The average molecular weight is 214 g/mol. The maximum absolute atomic E-state index is 10.5. The molecule has 84 valence electrons. The fourth-order valence-electron chi connectivity index (χ4n) is 0.856. The van der Waals surface area contributed by atoms with E-state index in [-0.39, 0.29) is 17.9 Å². The molecule has 0 fully saturated rings. The Bertz CT molecular complexity index is 307. The highest BCUT2D eigenvalue weighted by molar-refractivity contribution is 6.07. The van der Waals surface area contributed by atoms with Crippen molar-refractivity contribution in [2.24, 2.45) is 4.99 Å². The molecule has 6 nitrogen and oxygen atoms in total. The van der Waals surface area contributed by atoms with Crippen LogP contribution in [0, 0.1) is 0 Å². The Morgan fingerprint density at radius 3 is 2.60 bits per heavy atom. The minimum Gasteiger partial charge on any atom is -0.481 e. The Morgan fingerprint density at radius 1 is 1.67 bits per heavy atom. The third-order valence-corrected chi connectivity index (χ3v) is 1.61. The van der Waals surface area contributed by atoms with E-state index in [0.717, 1.165) is 0 Å². The highest BCUT2D eigenvalue weighted by Gasteiger charge is 2.07. The molecular weight excluding hydrogens is 200 g/mol. The van der Waals surface area contributed by atoms with Gasteiger partial charge >= 0.3 is 5.97 Å². The highest BCUT2D eigenvalue weighted by Crippen LogP contribution is 2.03. The van der Waals surface area contributed by atoms with Crippen LogP contribution in [0.3, 0.4) is 0 Å². The lowest BCUT2D eigenvalue weighted by molar-refractivity contribution is -0.194. The molecule has 0 aromatic carbocycles. The maximum Gasteiger partial charge on any atom is 0.309 e. The number of carboxylic acid groups (broad SMARTS) is 1. The first kappa shape index (κ1) is 13.2. The van der Waals surface area contributed by atoms with Gasteiger partial charge in [0.05, 0.1) is 6.42 Å². The van der Waals surface area contributed by atoms with E-state index < -0.39 is 5.97 Å². The molecule has 0 spiro atoms. The topological polar surface area (TPSA) is 91.2 Å². The van der Waals surface area contributed by atoms with Crippen molar-refractivity contribution in [2.75, 3.05) is 14.1 Å². The number of allylic oxidation sites excluding steroid dienone is 1. The molecule has 0 unspecified atom stereocenters. The normalized spacial score (nSPS) is 12.2. The zero-order valence-corrected chi connectivity index (χ0v) is 8.65. The van der Waals surface area contributed by atoms with Crippen LogP contribution in [0.1, 0.15) is 6.42 Å². The van der Waals surface area contributed by atoms with Crippen LogP contribution in [0.5, 0.6) is 0 Å². The van der Waals surface area contributed by atoms with Crippen molar-refractivity contribution in [1.29, 1.82) is 0 Å². The lowest BCUT2D eigenvalue weighted by Crippen LogP contribution is -2.13. The van der Waals surface area contributed by atoms with Gasteiger partial charge in [-0.2, -0.15) is 0 Å². The first-order chi connectivity index (χ1) is 7.04. The Balaban J connectivity index is 4.79. The lowest BCUT2D eigenvalue weighted by atomic mass is 10.2. The molecule has 0 saturated carbocycles. The van der Waals surface area contributed by atoms with Crippen LogP contribution in [0.4, 0.5) is 0 Å². The summed E-state index contributed by atoms with van der Waals surface area (Å²) in [4.78, 5) is 18.1. The van der Waals surface area contributed by atoms with Crippen LogP contribution in [0.15, 0.2) is 29.1 Å².